The minimum Gasteiger partial charge on any atom is -0.364 e. The molecular weight excluding hydrogens is 357 g/mol. The highest BCUT2D eigenvalue weighted by Crippen LogP contribution is 2.30. The summed E-state index contributed by atoms with van der Waals surface area (Å²) in [6, 6.07) is 5.38. The van der Waals surface area contributed by atoms with E-state index < -0.39 is 11.7 Å². The van der Waals surface area contributed by atoms with Crippen LogP contribution in [-0.4, -0.2) is 26.1 Å². The first-order valence-electron chi connectivity index (χ1n) is 8.68. The predicted molar refractivity (Wildman–Crippen MR) is 98.6 cm³/mol. The molecule has 0 aliphatic carbocycles. The average molecular weight is 378 g/mol. The number of nitrogens with zero attached hydrogens (tertiary/aromatic N) is 4. The van der Waals surface area contributed by atoms with Crippen molar-refractivity contribution in [1.29, 1.82) is 0 Å². The zero-order chi connectivity index (χ0) is 19.6. The molecule has 0 fully saturated rings. The molecule has 0 unspecified atom stereocenters. The molecular formula is C18H21F3N6. The predicted octanol–water partition coefficient (Wildman–Crippen LogP) is 4.47. The van der Waals surface area contributed by atoms with Gasteiger partial charge in [-0.1, -0.05) is 12.1 Å². The van der Waals surface area contributed by atoms with Crippen LogP contribution in [-0.2, 0) is 12.7 Å². The number of hydrogen-bond donors (Lipinski definition) is 2. The zero-order valence-electron chi connectivity index (χ0n) is 15.3. The maximum atomic E-state index is 12.9. The Morgan fingerprint density at radius 3 is 2.59 bits per heavy atom. The Balaban J connectivity index is 1.92. The third kappa shape index (κ3) is 4.12. The van der Waals surface area contributed by atoms with E-state index in [0.717, 1.165) is 12.1 Å². The van der Waals surface area contributed by atoms with Crippen LogP contribution in [0.5, 0.6) is 0 Å². The van der Waals surface area contributed by atoms with Crippen molar-refractivity contribution >= 4 is 22.9 Å². The fourth-order valence-corrected chi connectivity index (χ4v) is 2.70. The Morgan fingerprint density at radius 1 is 1.15 bits per heavy atom. The van der Waals surface area contributed by atoms with Crippen LogP contribution in [0.15, 0.2) is 30.6 Å². The molecule has 6 nitrogen and oxygen atoms in total. The van der Waals surface area contributed by atoms with Gasteiger partial charge in [0.2, 0.25) is 5.95 Å². The second kappa shape index (κ2) is 7.42. The number of imidazole rings is 1. The van der Waals surface area contributed by atoms with Crippen molar-refractivity contribution < 1.29 is 13.2 Å². The van der Waals surface area contributed by atoms with E-state index in [9.17, 15) is 13.2 Å². The van der Waals surface area contributed by atoms with Crippen molar-refractivity contribution in [2.45, 2.75) is 39.5 Å². The van der Waals surface area contributed by atoms with Crippen molar-refractivity contribution in [1.82, 2.24) is 19.5 Å². The van der Waals surface area contributed by atoms with Crippen LogP contribution in [0.2, 0.25) is 0 Å². The highest BCUT2D eigenvalue weighted by atomic mass is 19.4. The SMILES string of the molecule is CCNc1nc(NCc2cccc(C(F)(F)F)c2)c2ncn(C(C)C)c2n1. The molecule has 0 aliphatic rings. The molecule has 2 heterocycles. The van der Waals surface area contributed by atoms with E-state index in [1.807, 2.05) is 25.3 Å². The molecule has 2 aromatic heterocycles. The van der Waals surface area contributed by atoms with Crippen LogP contribution in [0.4, 0.5) is 24.9 Å². The van der Waals surface area contributed by atoms with E-state index in [-0.39, 0.29) is 12.6 Å². The van der Waals surface area contributed by atoms with E-state index >= 15 is 0 Å². The Bertz CT molecular complexity index is 932. The van der Waals surface area contributed by atoms with Gasteiger partial charge in [-0.3, -0.25) is 0 Å². The quantitative estimate of drug-likeness (QED) is 0.662. The fraction of sp³-hybridized carbons (Fsp3) is 0.389. The summed E-state index contributed by atoms with van der Waals surface area (Å²) in [5.74, 6) is 0.923. The second-order valence-electron chi connectivity index (χ2n) is 6.40. The summed E-state index contributed by atoms with van der Waals surface area (Å²) in [6.45, 7) is 6.81. The number of fused-ring (bicyclic) bond motifs is 1. The van der Waals surface area contributed by atoms with Crippen LogP contribution < -0.4 is 10.6 Å². The summed E-state index contributed by atoms with van der Waals surface area (Å²) in [4.78, 5) is 13.3. The van der Waals surface area contributed by atoms with E-state index in [2.05, 4.69) is 25.6 Å². The van der Waals surface area contributed by atoms with Crippen molar-refractivity contribution in [3.8, 4) is 0 Å². The van der Waals surface area contributed by atoms with Crippen molar-refractivity contribution in [2.24, 2.45) is 0 Å². The van der Waals surface area contributed by atoms with Crippen LogP contribution in [0.25, 0.3) is 11.2 Å². The highest BCUT2D eigenvalue weighted by molar-refractivity contribution is 5.84. The standard InChI is InChI=1S/C18H21F3N6/c1-4-22-17-25-15(14-16(26-17)27(10-24-14)11(2)3)23-9-12-6-5-7-13(8-12)18(19,20)21/h5-8,10-11H,4,9H2,1-3H3,(H2,22,23,25,26). The maximum Gasteiger partial charge on any atom is 0.416 e. The van der Waals surface area contributed by atoms with Crippen LogP contribution in [0, 0.1) is 0 Å². The normalized spacial score (nSPS) is 12.0. The number of rotatable bonds is 6. The summed E-state index contributed by atoms with van der Waals surface area (Å²) in [5, 5.41) is 6.17. The lowest BCUT2D eigenvalue weighted by Gasteiger charge is -2.12. The van der Waals surface area contributed by atoms with Gasteiger partial charge in [0.15, 0.2) is 17.0 Å². The van der Waals surface area contributed by atoms with Gasteiger partial charge in [-0.2, -0.15) is 23.1 Å². The molecule has 0 aliphatic heterocycles. The number of alkyl halides is 3. The molecule has 0 saturated carbocycles. The minimum absolute atomic E-state index is 0.163. The molecule has 0 atom stereocenters. The third-order valence-electron chi connectivity index (χ3n) is 4.03. The molecule has 0 radical (unpaired) electrons. The Kier molecular flexibility index (Phi) is 5.20. The van der Waals surface area contributed by atoms with E-state index in [0.29, 0.717) is 35.0 Å². The molecule has 0 amide bonds. The van der Waals surface area contributed by atoms with Gasteiger partial charge in [0.25, 0.3) is 0 Å². The molecule has 0 saturated heterocycles. The number of nitrogens with one attached hydrogen (secondary N) is 2. The molecule has 9 heteroatoms. The Hall–Kier alpha value is -2.84. The summed E-state index contributed by atoms with van der Waals surface area (Å²) in [6.07, 6.45) is -2.68. The van der Waals surface area contributed by atoms with Gasteiger partial charge in [-0.05, 0) is 38.5 Å². The molecule has 0 spiro atoms. The molecule has 3 rings (SSSR count). The van der Waals surface area contributed by atoms with Crippen molar-refractivity contribution in [3.63, 3.8) is 0 Å². The number of benzene rings is 1. The first-order chi connectivity index (χ1) is 12.8. The highest BCUT2D eigenvalue weighted by Gasteiger charge is 2.30. The smallest absolute Gasteiger partial charge is 0.364 e. The number of aromatic nitrogens is 4. The number of hydrogen-bond acceptors (Lipinski definition) is 5. The number of halogens is 3. The van der Waals surface area contributed by atoms with Gasteiger partial charge >= 0.3 is 6.18 Å². The molecule has 0 bridgehead atoms. The van der Waals surface area contributed by atoms with Gasteiger partial charge in [0, 0.05) is 19.1 Å². The van der Waals surface area contributed by atoms with Gasteiger partial charge < -0.3 is 15.2 Å². The maximum absolute atomic E-state index is 12.9. The minimum atomic E-state index is -4.37. The van der Waals surface area contributed by atoms with E-state index in [1.165, 1.54) is 6.07 Å². The lowest BCUT2D eigenvalue weighted by atomic mass is 10.1. The number of anilines is 2. The van der Waals surface area contributed by atoms with Crippen molar-refractivity contribution in [2.75, 3.05) is 17.2 Å². The van der Waals surface area contributed by atoms with E-state index in [4.69, 9.17) is 0 Å². The molecule has 144 valence electrons. The topological polar surface area (TPSA) is 67.7 Å². The second-order valence-corrected chi connectivity index (χ2v) is 6.40. The van der Waals surface area contributed by atoms with E-state index in [1.54, 1.807) is 12.4 Å². The van der Waals surface area contributed by atoms with Crippen LogP contribution >= 0.6 is 0 Å². The van der Waals surface area contributed by atoms with Gasteiger partial charge in [-0.15, -0.1) is 0 Å². The molecule has 2 N–H and O–H groups in total. The first-order valence-corrected chi connectivity index (χ1v) is 8.68. The van der Waals surface area contributed by atoms with Crippen molar-refractivity contribution in [3.05, 3.63) is 41.7 Å². The van der Waals surface area contributed by atoms with Gasteiger partial charge in [-0.25, -0.2) is 4.98 Å². The lowest BCUT2D eigenvalue weighted by Crippen LogP contribution is -2.10. The molecule has 3 aromatic rings. The molecule has 1 aromatic carbocycles. The fourth-order valence-electron chi connectivity index (χ4n) is 2.70. The van der Waals surface area contributed by atoms with Crippen LogP contribution in [0.3, 0.4) is 0 Å². The Morgan fingerprint density at radius 2 is 1.93 bits per heavy atom. The first kappa shape index (κ1) is 18.9. The lowest BCUT2D eigenvalue weighted by molar-refractivity contribution is -0.137. The van der Waals surface area contributed by atoms with Gasteiger partial charge in [0.05, 0.1) is 11.9 Å². The summed E-state index contributed by atoms with van der Waals surface area (Å²) >= 11 is 0. The average Bonchev–Trinajstić information content (AvgIpc) is 3.04. The summed E-state index contributed by atoms with van der Waals surface area (Å²) in [5.41, 5.74) is 1.08. The summed E-state index contributed by atoms with van der Waals surface area (Å²) in [7, 11) is 0. The zero-order valence-corrected chi connectivity index (χ0v) is 15.3. The Labute approximate surface area is 154 Å². The summed E-state index contributed by atoms with van der Waals surface area (Å²) < 4.78 is 40.6. The third-order valence-corrected chi connectivity index (χ3v) is 4.03. The van der Waals surface area contributed by atoms with Crippen LogP contribution in [0.1, 0.15) is 37.9 Å². The largest absolute Gasteiger partial charge is 0.416 e. The molecule has 27 heavy (non-hydrogen) atoms. The monoisotopic (exact) mass is 378 g/mol. The van der Waals surface area contributed by atoms with Gasteiger partial charge in [0.1, 0.15) is 0 Å².